The number of allylic oxidation sites excluding steroid dienone is 1. The highest BCUT2D eigenvalue weighted by atomic mass is 35.5. The lowest BCUT2D eigenvalue weighted by molar-refractivity contribution is 0.731. The van der Waals surface area contributed by atoms with Crippen LogP contribution in [0, 0.1) is 6.92 Å². The summed E-state index contributed by atoms with van der Waals surface area (Å²) in [6.45, 7) is 6.73. The van der Waals surface area contributed by atoms with Crippen LogP contribution in [0.15, 0.2) is 77.8 Å². The van der Waals surface area contributed by atoms with E-state index in [2.05, 4.69) is 57.9 Å². The van der Waals surface area contributed by atoms with Crippen molar-refractivity contribution in [3.63, 3.8) is 0 Å². The van der Waals surface area contributed by atoms with Gasteiger partial charge in [-0.05, 0) is 24.1 Å². The molecule has 0 radical (unpaired) electrons. The van der Waals surface area contributed by atoms with Gasteiger partial charge in [-0.3, -0.25) is 4.57 Å². The average molecular weight is 438 g/mol. The standard InChI is InChI=1S/C23H20ClN3S2/c1-3-13-27-22(19-15-28-16(2)21(19)17-9-5-4-6-10-17)25-26-23(27)29-14-18-11-7-8-12-20(18)24/h3-12,15H,1,13-14H2,2H3. The summed E-state index contributed by atoms with van der Waals surface area (Å²) in [5.41, 5.74) is 4.61. The molecule has 0 bridgehead atoms. The van der Waals surface area contributed by atoms with E-state index in [0.717, 1.165) is 32.9 Å². The zero-order valence-corrected chi connectivity index (χ0v) is 18.4. The Morgan fingerprint density at radius 1 is 1.10 bits per heavy atom. The summed E-state index contributed by atoms with van der Waals surface area (Å²) in [6, 6.07) is 18.3. The Balaban J connectivity index is 1.71. The second-order valence-corrected chi connectivity index (χ2v) is 8.97. The smallest absolute Gasteiger partial charge is 0.192 e. The van der Waals surface area contributed by atoms with E-state index < -0.39 is 0 Å². The second kappa shape index (κ2) is 8.99. The topological polar surface area (TPSA) is 30.7 Å². The summed E-state index contributed by atoms with van der Waals surface area (Å²) in [5.74, 6) is 1.61. The van der Waals surface area contributed by atoms with E-state index in [9.17, 15) is 0 Å². The van der Waals surface area contributed by atoms with Crippen LogP contribution < -0.4 is 0 Å². The number of thioether (sulfide) groups is 1. The number of aryl methyl sites for hydroxylation is 1. The predicted molar refractivity (Wildman–Crippen MR) is 125 cm³/mol. The first-order valence-corrected chi connectivity index (χ1v) is 11.5. The molecule has 4 aromatic rings. The molecule has 0 spiro atoms. The van der Waals surface area contributed by atoms with Crippen LogP contribution in [-0.4, -0.2) is 14.8 Å². The van der Waals surface area contributed by atoms with Gasteiger partial charge in [0.05, 0.1) is 0 Å². The summed E-state index contributed by atoms with van der Waals surface area (Å²) in [4.78, 5) is 1.27. The minimum atomic E-state index is 0.649. The van der Waals surface area contributed by atoms with Gasteiger partial charge in [-0.15, -0.1) is 28.1 Å². The van der Waals surface area contributed by atoms with E-state index in [1.54, 1.807) is 23.1 Å². The molecule has 146 valence electrons. The van der Waals surface area contributed by atoms with Crippen molar-refractivity contribution in [1.29, 1.82) is 0 Å². The predicted octanol–water partition coefficient (Wildman–Crippen LogP) is 7.11. The van der Waals surface area contributed by atoms with Gasteiger partial charge in [0.15, 0.2) is 11.0 Å². The van der Waals surface area contributed by atoms with Gasteiger partial charge in [0.1, 0.15) is 0 Å². The molecule has 0 aliphatic heterocycles. The van der Waals surface area contributed by atoms with Crippen LogP contribution in [0.1, 0.15) is 10.4 Å². The third-order valence-electron chi connectivity index (χ3n) is 4.62. The van der Waals surface area contributed by atoms with Crippen molar-refractivity contribution in [2.24, 2.45) is 0 Å². The van der Waals surface area contributed by atoms with Gasteiger partial charge in [0, 0.05) is 38.7 Å². The molecule has 4 rings (SSSR count). The fourth-order valence-electron chi connectivity index (χ4n) is 3.23. The normalized spacial score (nSPS) is 11.0. The molecule has 0 aliphatic carbocycles. The van der Waals surface area contributed by atoms with E-state index in [-0.39, 0.29) is 0 Å². The van der Waals surface area contributed by atoms with Crippen molar-refractivity contribution < 1.29 is 0 Å². The summed E-state index contributed by atoms with van der Waals surface area (Å²) in [6.07, 6.45) is 1.88. The molecule has 3 nitrogen and oxygen atoms in total. The molecule has 0 fully saturated rings. The third kappa shape index (κ3) is 4.17. The lowest BCUT2D eigenvalue weighted by Crippen LogP contribution is -2.01. The van der Waals surface area contributed by atoms with E-state index in [1.165, 1.54) is 16.0 Å². The molecule has 2 aromatic carbocycles. The van der Waals surface area contributed by atoms with Crippen molar-refractivity contribution in [3.05, 3.63) is 88.1 Å². The quantitative estimate of drug-likeness (QED) is 0.228. The molecule has 29 heavy (non-hydrogen) atoms. The SMILES string of the molecule is C=CCn1c(SCc2ccccc2Cl)nnc1-c1csc(C)c1-c1ccccc1. The summed E-state index contributed by atoms with van der Waals surface area (Å²) < 4.78 is 2.13. The minimum Gasteiger partial charge on any atom is -0.298 e. The first-order chi connectivity index (χ1) is 14.2. The number of halogens is 1. The van der Waals surface area contributed by atoms with E-state index in [4.69, 9.17) is 11.6 Å². The fourth-order valence-corrected chi connectivity index (χ4v) is 5.33. The van der Waals surface area contributed by atoms with Gasteiger partial charge in [-0.25, -0.2) is 0 Å². The van der Waals surface area contributed by atoms with Gasteiger partial charge in [-0.1, -0.05) is 78.0 Å². The lowest BCUT2D eigenvalue weighted by Gasteiger charge is -2.10. The van der Waals surface area contributed by atoms with Gasteiger partial charge < -0.3 is 0 Å². The maximum Gasteiger partial charge on any atom is 0.192 e. The van der Waals surface area contributed by atoms with E-state index >= 15 is 0 Å². The zero-order valence-electron chi connectivity index (χ0n) is 16.0. The van der Waals surface area contributed by atoms with Crippen molar-refractivity contribution in [1.82, 2.24) is 14.8 Å². The van der Waals surface area contributed by atoms with Crippen LogP contribution in [0.5, 0.6) is 0 Å². The summed E-state index contributed by atoms with van der Waals surface area (Å²) >= 11 is 9.69. The van der Waals surface area contributed by atoms with Crippen molar-refractivity contribution >= 4 is 34.7 Å². The summed E-state index contributed by atoms with van der Waals surface area (Å²) in [5, 5.41) is 12.9. The molecule has 0 amide bonds. The number of benzene rings is 2. The highest BCUT2D eigenvalue weighted by Gasteiger charge is 2.20. The van der Waals surface area contributed by atoms with E-state index in [0.29, 0.717) is 6.54 Å². The summed E-state index contributed by atoms with van der Waals surface area (Å²) in [7, 11) is 0. The molecule has 2 heterocycles. The Labute approximate surface area is 184 Å². The third-order valence-corrected chi connectivity index (χ3v) is 6.92. The molecular weight excluding hydrogens is 418 g/mol. The van der Waals surface area contributed by atoms with Crippen LogP contribution in [-0.2, 0) is 12.3 Å². The largest absolute Gasteiger partial charge is 0.298 e. The van der Waals surface area contributed by atoms with Crippen LogP contribution in [0.3, 0.4) is 0 Å². The molecule has 0 saturated carbocycles. The number of nitrogens with zero attached hydrogens (tertiary/aromatic N) is 3. The van der Waals surface area contributed by atoms with Crippen LogP contribution >= 0.6 is 34.7 Å². The molecule has 0 unspecified atom stereocenters. The Morgan fingerprint density at radius 2 is 1.86 bits per heavy atom. The van der Waals surface area contributed by atoms with Gasteiger partial charge >= 0.3 is 0 Å². The first-order valence-electron chi connectivity index (χ1n) is 9.23. The number of hydrogen-bond donors (Lipinski definition) is 0. The molecular formula is C23H20ClN3S2. The maximum absolute atomic E-state index is 6.31. The van der Waals surface area contributed by atoms with Gasteiger partial charge in [0.2, 0.25) is 0 Å². The highest BCUT2D eigenvalue weighted by molar-refractivity contribution is 7.98. The van der Waals surface area contributed by atoms with Gasteiger partial charge in [0.25, 0.3) is 0 Å². The van der Waals surface area contributed by atoms with Crippen LogP contribution in [0.25, 0.3) is 22.5 Å². The molecule has 0 atom stereocenters. The number of rotatable bonds is 7. The maximum atomic E-state index is 6.31. The highest BCUT2D eigenvalue weighted by Crippen LogP contribution is 2.39. The average Bonchev–Trinajstić information content (AvgIpc) is 3.31. The van der Waals surface area contributed by atoms with E-state index in [1.807, 2.05) is 36.4 Å². The number of aromatic nitrogens is 3. The Kier molecular flexibility index (Phi) is 6.19. The zero-order chi connectivity index (χ0) is 20.2. The Morgan fingerprint density at radius 3 is 2.62 bits per heavy atom. The van der Waals surface area contributed by atoms with Crippen LogP contribution in [0.2, 0.25) is 5.02 Å². The first kappa shape index (κ1) is 20.0. The molecule has 0 N–H and O–H groups in total. The Bertz CT molecular complexity index is 1130. The lowest BCUT2D eigenvalue weighted by atomic mass is 10.0. The van der Waals surface area contributed by atoms with Crippen molar-refractivity contribution in [2.75, 3.05) is 0 Å². The monoisotopic (exact) mass is 437 g/mol. The minimum absolute atomic E-state index is 0.649. The second-order valence-electron chi connectivity index (χ2n) is 6.53. The van der Waals surface area contributed by atoms with Crippen LogP contribution in [0.4, 0.5) is 0 Å². The number of thiophene rings is 1. The van der Waals surface area contributed by atoms with Crippen molar-refractivity contribution in [2.45, 2.75) is 24.4 Å². The Hall–Kier alpha value is -2.34. The molecule has 0 saturated heterocycles. The molecule has 2 aromatic heterocycles. The van der Waals surface area contributed by atoms with Gasteiger partial charge in [-0.2, -0.15) is 0 Å². The molecule has 6 heteroatoms. The number of hydrogen-bond acceptors (Lipinski definition) is 4. The molecule has 0 aliphatic rings. The fraction of sp³-hybridized carbons (Fsp3) is 0.130. The van der Waals surface area contributed by atoms with Crippen molar-refractivity contribution in [3.8, 4) is 22.5 Å².